The quantitative estimate of drug-likeness (QED) is 0.583. The normalized spacial score (nSPS) is 17.2. The van der Waals surface area contributed by atoms with Gasteiger partial charge in [-0.15, -0.1) is 16.6 Å². The van der Waals surface area contributed by atoms with Crippen LogP contribution >= 0.6 is 0 Å². The lowest BCUT2D eigenvalue weighted by atomic mass is 10.0. The molecule has 1 aromatic heterocycles. The molecule has 2 aromatic carbocycles. The number of aromatic hydroxyl groups is 1. The van der Waals surface area contributed by atoms with E-state index in [1.807, 2.05) is 24.3 Å². The van der Waals surface area contributed by atoms with Gasteiger partial charge in [-0.05, 0) is 37.6 Å². The number of fused-ring (bicyclic) bond motifs is 1. The number of β-amino-alcohol motifs (C(OH)–C–C–N with tert-alkyl or cyclic N) is 1. The van der Waals surface area contributed by atoms with E-state index in [0.717, 1.165) is 42.5 Å². The summed E-state index contributed by atoms with van der Waals surface area (Å²) < 4.78 is 0. The Kier molecular flexibility index (Phi) is 5.61. The van der Waals surface area contributed by atoms with Crippen LogP contribution in [0.25, 0.3) is 22.0 Å². The SMILES string of the molecule is C#Cc1ccc(-c2nnc(N[C@@H]3CCCN(CCO)C3)c3ccccc23)c(O)c1. The van der Waals surface area contributed by atoms with Crippen LogP contribution in [-0.2, 0) is 0 Å². The fourth-order valence-electron chi connectivity index (χ4n) is 3.94. The molecule has 1 aliphatic heterocycles. The number of phenols is 1. The van der Waals surface area contributed by atoms with Crippen LogP contribution in [0.1, 0.15) is 18.4 Å². The third-order valence-corrected chi connectivity index (χ3v) is 5.37. The summed E-state index contributed by atoms with van der Waals surface area (Å²) in [6.07, 6.45) is 7.55. The lowest BCUT2D eigenvalue weighted by Gasteiger charge is -2.33. The van der Waals surface area contributed by atoms with Crippen LogP contribution in [0.4, 0.5) is 5.82 Å². The average molecular weight is 388 g/mol. The second kappa shape index (κ2) is 8.48. The van der Waals surface area contributed by atoms with Gasteiger partial charge in [0.2, 0.25) is 0 Å². The van der Waals surface area contributed by atoms with E-state index in [1.165, 1.54) is 0 Å². The van der Waals surface area contributed by atoms with Gasteiger partial charge in [0.15, 0.2) is 5.82 Å². The van der Waals surface area contributed by atoms with Crippen molar-refractivity contribution in [2.24, 2.45) is 0 Å². The molecule has 0 amide bonds. The summed E-state index contributed by atoms with van der Waals surface area (Å²) in [4.78, 5) is 2.26. The van der Waals surface area contributed by atoms with Crippen LogP contribution in [-0.4, -0.2) is 57.6 Å². The molecule has 1 aliphatic rings. The maximum atomic E-state index is 10.4. The van der Waals surface area contributed by atoms with Gasteiger partial charge in [0.25, 0.3) is 0 Å². The van der Waals surface area contributed by atoms with Gasteiger partial charge in [-0.2, -0.15) is 0 Å². The standard InChI is InChI=1S/C23H24N4O2/c1-2-16-9-10-20(21(29)14-16)22-18-7-3-4-8-19(18)23(26-25-22)24-17-6-5-11-27(15-17)12-13-28/h1,3-4,7-10,14,17,28-29H,5-6,11-13,15H2,(H,24,26)/t17-/m1/s1. The fourth-order valence-corrected chi connectivity index (χ4v) is 3.94. The minimum atomic E-state index is 0.0903. The molecule has 0 saturated carbocycles. The summed E-state index contributed by atoms with van der Waals surface area (Å²) in [5.74, 6) is 3.35. The topological polar surface area (TPSA) is 81.5 Å². The molecule has 2 heterocycles. The largest absolute Gasteiger partial charge is 0.507 e. The van der Waals surface area contributed by atoms with E-state index < -0.39 is 0 Å². The van der Waals surface area contributed by atoms with Crippen LogP contribution in [0.15, 0.2) is 42.5 Å². The first kappa shape index (κ1) is 19.2. The van der Waals surface area contributed by atoms with Gasteiger partial charge in [0, 0.05) is 41.0 Å². The van der Waals surface area contributed by atoms with E-state index in [2.05, 4.69) is 26.3 Å². The number of terminal acetylenes is 1. The summed E-state index contributed by atoms with van der Waals surface area (Å²) in [5.41, 5.74) is 1.84. The Bertz CT molecular complexity index is 1060. The number of nitrogens with one attached hydrogen (secondary N) is 1. The van der Waals surface area contributed by atoms with Crippen LogP contribution < -0.4 is 5.32 Å². The van der Waals surface area contributed by atoms with Crippen molar-refractivity contribution < 1.29 is 10.2 Å². The van der Waals surface area contributed by atoms with Crippen molar-refractivity contribution in [1.29, 1.82) is 0 Å². The first-order valence-electron chi connectivity index (χ1n) is 9.84. The number of rotatable bonds is 5. The van der Waals surface area contributed by atoms with Gasteiger partial charge in [-0.25, -0.2) is 0 Å². The maximum absolute atomic E-state index is 10.4. The molecule has 1 fully saturated rings. The predicted molar refractivity (Wildman–Crippen MR) is 115 cm³/mol. The lowest BCUT2D eigenvalue weighted by molar-refractivity contribution is 0.166. The molecule has 6 heteroatoms. The van der Waals surface area contributed by atoms with Gasteiger partial charge in [-0.1, -0.05) is 30.2 Å². The van der Waals surface area contributed by atoms with Crippen molar-refractivity contribution in [3.63, 3.8) is 0 Å². The number of aliphatic hydroxyl groups is 1. The molecule has 1 saturated heterocycles. The predicted octanol–water partition coefficient (Wildman–Crippen LogP) is 2.85. The molecule has 0 bridgehead atoms. The molecule has 0 unspecified atom stereocenters. The third kappa shape index (κ3) is 4.02. The highest BCUT2D eigenvalue weighted by Crippen LogP contribution is 2.35. The number of aromatic nitrogens is 2. The highest BCUT2D eigenvalue weighted by atomic mass is 16.3. The van der Waals surface area contributed by atoms with Crippen molar-refractivity contribution >= 4 is 16.6 Å². The Balaban J connectivity index is 1.68. The first-order chi connectivity index (χ1) is 14.2. The highest BCUT2D eigenvalue weighted by molar-refractivity contribution is 6.00. The number of aliphatic hydroxyl groups excluding tert-OH is 1. The Morgan fingerprint density at radius 1 is 1.17 bits per heavy atom. The number of likely N-dealkylation sites (tertiary alicyclic amines) is 1. The molecule has 3 N–H and O–H groups in total. The lowest BCUT2D eigenvalue weighted by Crippen LogP contribution is -2.43. The van der Waals surface area contributed by atoms with Crippen molar-refractivity contribution in [3.05, 3.63) is 48.0 Å². The molecule has 0 aliphatic carbocycles. The highest BCUT2D eigenvalue weighted by Gasteiger charge is 2.21. The molecule has 1 atom stereocenters. The zero-order chi connectivity index (χ0) is 20.2. The number of piperidine rings is 1. The molecule has 6 nitrogen and oxygen atoms in total. The van der Waals surface area contributed by atoms with Crippen LogP contribution in [0.2, 0.25) is 0 Å². The molecule has 148 valence electrons. The Morgan fingerprint density at radius 3 is 2.76 bits per heavy atom. The number of nitrogens with zero attached hydrogens (tertiary/aromatic N) is 3. The van der Waals surface area contributed by atoms with Crippen molar-refractivity contribution in [1.82, 2.24) is 15.1 Å². The van der Waals surface area contributed by atoms with E-state index in [0.29, 0.717) is 23.4 Å². The molecular formula is C23H24N4O2. The zero-order valence-electron chi connectivity index (χ0n) is 16.2. The second-order valence-electron chi connectivity index (χ2n) is 7.33. The molecular weight excluding hydrogens is 364 g/mol. The monoisotopic (exact) mass is 388 g/mol. The first-order valence-corrected chi connectivity index (χ1v) is 9.84. The molecule has 29 heavy (non-hydrogen) atoms. The van der Waals surface area contributed by atoms with Crippen LogP contribution in [0, 0.1) is 12.3 Å². The summed E-state index contributed by atoms with van der Waals surface area (Å²) in [6, 6.07) is 13.3. The molecule has 0 spiro atoms. The number of anilines is 1. The molecule has 0 radical (unpaired) electrons. The smallest absolute Gasteiger partial charge is 0.156 e. The van der Waals surface area contributed by atoms with Gasteiger partial charge in [0.1, 0.15) is 11.4 Å². The summed E-state index contributed by atoms with van der Waals surface area (Å²) in [6.45, 7) is 2.74. The maximum Gasteiger partial charge on any atom is 0.156 e. The van der Waals surface area contributed by atoms with E-state index in [4.69, 9.17) is 6.42 Å². The van der Waals surface area contributed by atoms with Crippen LogP contribution in [0.3, 0.4) is 0 Å². The minimum Gasteiger partial charge on any atom is -0.507 e. The third-order valence-electron chi connectivity index (χ3n) is 5.37. The van der Waals surface area contributed by atoms with Crippen molar-refractivity contribution in [2.75, 3.05) is 31.6 Å². The number of benzene rings is 2. The minimum absolute atomic E-state index is 0.0903. The van der Waals surface area contributed by atoms with Gasteiger partial charge in [-0.3, -0.25) is 4.90 Å². The van der Waals surface area contributed by atoms with E-state index in [9.17, 15) is 10.2 Å². The van der Waals surface area contributed by atoms with Gasteiger partial charge >= 0.3 is 0 Å². The Morgan fingerprint density at radius 2 is 2.00 bits per heavy atom. The van der Waals surface area contributed by atoms with Gasteiger partial charge < -0.3 is 15.5 Å². The Labute approximate surface area is 170 Å². The van der Waals surface area contributed by atoms with E-state index in [1.54, 1.807) is 18.2 Å². The molecule has 3 aromatic rings. The summed E-state index contributed by atoms with van der Waals surface area (Å²) in [7, 11) is 0. The van der Waals surface area contributed by atoms with Crippen molar-refractivity contribution in [2.45, 2.75) is 18.9 Å². The number of hydrogen-bond donors (Lipinski definition) is 3. The zero-order valence-corrected chi connectivity index (χ0v) is 16.2. The van der Waals surface area contributed by atoms with Gasteiger partial charge in [0.05, 0.1) is 6.61 Å². The fraction of sp³-hybridized carbons (Fsp3) is 0.304. The summed E-state index contributed by atoms with van der Waals surface area (Å²) in [5, 5.41) is 34.0. The second-order valence-corrected chi connectivity index (χ2v) is 7.33. The average Bonchev–Trinajstić information content (AvgIpc) is 2.75. The Hall–Kier alpha value is -3.14. The van der Waals surface area contributed by atoms with Crippen LogP contribution in [0.5, 0.6) is 5.75 Å². The van der Waals surface area contributed by atoms with E-state index in [-0.39, 0.29) is 18.4 Å². The molecule has 4 rings (SSSR count). The summed E-state index contributed by atoms with van der Waals surface area (Å²) >= 11 is 0. The van der Waals surface area contributed by atoms with Crippen molar-refractivity contribution in [3.8, 4) is 29.4 Å². The number of phenolic OH excluding ortho intramolecular Hbond substituents is 1. The number of hydrogen-bond acceptors (Lipinski definition) is 6. The van der Waals surface area contributed by atoms with E-state index >= 15 is 0 Å².